The Balaban J connectivity index is 1.54. The number of aliphatic hydroxyl groups is 1. The van der Waals surface area contributed by atoms with Gasteiger partial charge in [0.25, 0.3) is 0 Å². The maximum absolute atomic E-state index is 10.8. The highest BCUT2D eigenvalue weighted by Crippen LogP contribution is 2.22. The first kappa shape index (κ1) is 20.9. The van der Waals surface area contributed by atoms with E-state index in [2.05, 4.69) is 17.6 Å². The second-order valence-electron chi connectivity index (χ2n) is 7.82. The number of rotatable bonds is 8. The Labute approximate surface area is 182 Å². The molecule has 0 bridgehead atoms. The van der Waals surface area contributed by atoms with Crippen molar-refractivity contribution in [1.29, 1.82) is 0 Å². The molecule has 5 nitrogen and oxygen atoms in total. The maximum Gasteiger partial charge on any atom is 0.122 e. The molecule has 0 radical (unpaired) electrons. The summed E-state index contributed by atoms with van der Waals surface area (Å²) in [5.41, 5.74) is 5.35. The summed E-state index contributed by atoms with van der Waals surface area (Å²) in [5, 5.41) is 10.8. The van der Waals surface area contributed by atoms with Crippen LogP contribution in [0.25, 0.3) is 11.0 Å². The van der Waals surface area contributed by atoms with Crippen LogP contribution < -0.4 is 9.47 Å². The second-order valence-corrected chi connectivity index (χ2v) is 7.82. The zero-order chi connectivity index (χ0) is 21.8. The van der Waals surface area contributed by atoms with Gasteiger partial charge >= 0.3 is 0 Å². The van der Waals surface area contributed by atoms with Crippen molar-refractivity contribution in [2.45, 2.75) is 32.9 Å². The summed E-state index contributed by atoms with van der Waals surface area (Å²) in [6.45, 7) is 4.73. The van der Waals surface area contributed by atoms with E-state index in [1.54, 1.807) is 7.11 Å². The van der Waals surface area contributed by atoms with Gasteiger partial charge in [0.05, 0.1) is 24.7 Å². The Bertz CT molecular complexity index is 1170. The number of methoxy groups -OCH3 is 1. The quantitative estimate of drug-likeness (QED) is 0.453. The highest BCUT2D eigenvalue weighted by atomic mass is 16.5. The minimum absolute atomic E-state index is 0.221. The third kappa shape index (κ3) is 4.72. The summed E-state index contributed by atoms with van der Waals surface area (Å²) in [4.78, 5) is 4.83. The average Bonchev–Trinajstić information content (AvgIpc) is 3.12. The molecule has 0 aliphatic rings. The molecule has 4 aromatic rings. The van der Waals surface area contributed by atoms with E-state index in [1.807, 2.05) is 67.6 Å². The summed E-state index contributed by atoms with van der Waals surface area (Å²) in [7, 11) is 1.66. The number of aryl methyl sites for hydroxylation is 1. The van der Waals surface area contributed by atoms with E-state index in [4.69, 9.17) is 14.5 Å². The molecule has 0 unspecified atom stereocenters. The minimum atomic E-state index is -0.660. The number of ether oxygens (including phenoxy) is 2. The molecule has 0 spiro atoms. The van der Waals surface area contributed by atoms with Gasteiger partial charge in [-0.2, -0.15) is 0 Å². The van der Waals surface area contributed by atoms with Crippen molar-refractivity contribution in [2.75, 3.05) is 13.7 Å². The SMILES string of the molecule is COc1ccc(Cc2nc3ccccc3n2C[C@H](O)COc2cccc(C)c2C)cc1. The molecule has 3 aromatic carbocycles. The molecular formula is C26H28N2O3. The fraction of sp³-hybridized carbons (Fsp3) is 0.269. The summed E-state index contributed by atoms with van der Waals surface area (Å²) in [6.07, 6.45) is 0.00982. The molecule has 31 heavy (non-hydrogen) atoms. The zero-order valence-corrected chi connectivity index (χ0v) is 18.2. The molecule has 1 atom stereocenters. The van der Waals surface area contributed by atoms with E-state index in [1.165, 1.54) is 5.56 Å². The lowest BCUT2D eigenvalue weighted by atomic mass is 10.1. The standard InChI is InChI=1S/C26H28N2O3/c1-18-7-6-10-25(19(18)2)31-17-21(29)16-28-24-9-5-4-8-23(24)27-26(28)15-20-11-13-22(30-3)14-12-20/h4-14,21,29H,15-17H2,1-3H3/t21-/m0/s1. The molecule has 0 saturated heterocycles. The van der Waals surface area contributed by atoms with Gasteiger partial charge in [-0.25, -0.2) is 4.98 Å². The van der Waals surface area contributed by atoms with E-state index in [0.717, 1.165) is 39.5 Å². The molecule has 1 heterocycles. The number of fused-ring (bicyclic) bond motifs is 1. The predicted octanol–water partition coefficient (Wildman–Crippen LogP) is 4.69. The number of benzene rings is 3. The summed E-state index contributed by atoms with van der Waals surface area (Å²) < 4.78 is 13.3. The van der Waals surface area contributed by atoms with Crippen LogP contribution in [0.5, 0.6) is 11.5 Å². The number of hydrogen-bond donors (Lipinski definition) is 1. The van der Waals surface area contributed by atoms with Crippen LogP contribution in [0.15, 0.2) is 66.7 Å². The van der Waals surface area contributed by atoms with Crippen LogP contribution in [0.3, 0.4) is 0 Å². The van der Waals surface area contributed by atoms with Crippen molar-refractivity contribution < 1.29 is 14.6 Å². The van der Waals surface area contributed by atoms with E-state index in [0.29, 0.717) is 13.0 Å². The van der Waals surface area contributed by atoms with E-state index < -0.39 is 6.10 Å². The van der Waals surface area contributed by atoms with Crippen LogP contribution in [-0.4, -0.2) is 34.5 Å². The third-order valence-corrected chi connectivity index (χ3v) is 5.63. The van der Waals surface area contributed by atoms with Crippen molar-refractivity contribution in [3.8, 4) is 11.5 Å². The van der Waals surface area contributed by atoms with E-state index in [9.17, 15) is 5.11 Å². The average molecular weight is 417 g/mol. The molecule has 0 aliphatic heterocycles. The van der Waals surface area contributed by atoms with Gasteiger partial charge in [0.1, 0.15) is 30.0 Å². The first-order chi connectivity index (χ1) is 15.0. The van der Waals surface area contributed by atoms with Crippen LogP contribution in [-0.2, 0) is 13.0 Å². The normalized spacial score (nSPS) is 12.1. The fourth-order valence-corrected chi connectivity index (χ4v) is 3.72. The molecule has 0 amide bonds. The molecule has 5 heteroatoms. The van der Waals surface area contributed by atoms with Crippen molar-refractivity contribution in [2.24, 2.45) is 0 Å². The number of hydrogen-bond acceptors (Lipinski definition) is 4. The second kappa shape index (κ2) is 9.23. The van der Waals surface area contributed by atoms with Crippen LogP contribution in [0.2, 0.25) is 0 Å². The molecule has 160 valence electrons. The summed E-state index contributed by atoms with van der Waals surface area (Å²) in [6, 6.07) is 22.0. The Hall–Kier alpha value is -3.31. The molecule has 1 aromatic heterocycles. The highest BCUT2D eigenvalue weighted by Gasteiger charge is 2.16. The Morgan fingerprint density at radius 2 is 1.74 bits per heavy atom. The highest BCUT2D eigenvalue weighted by molar-refractivity contribution is 5.76. The van der Waals surface area contributed by atoms with Crippen molar-refractivity contribution in [3.05, 3.63) is 89.2 Å². The van der Waals surface area contributed by atoms with E-state index in [-0.39, 0.29) is 6.61 Å². The summed E-state index contributed by atoms with van der Waals surface area (Å²) >= 11 is 0. The van der Waals surface area contributed by atoms with Gasteiger partial charge in [-0.05, 0) is 60.9 Å². The maximum atomic E-state index is 10.8. The monoisotopic (exact) mass is 416 g/mol. The largest absolute Gasteiger partial charge is 0.497 e. The van der Waals surface area contributed by atoms with Crippen molar-refractivity contribution in [1.82, 2.24) is 9.55 Å². The van der Waals surface area contributed by atoms with Crippen LogP contribution in [0, 0.1) is 13.8 Å². The zero-order valence-electron chi connectivity index (χ0n) is 18.2. The lowest BCUT2D eigenvalue weighted by Gasteiger charge is -2.17. The van der Waals surface area contributed by atoms with Gasteiger partial charge in [0.15, 0.2) is 0 Å². The van der Waals surface area contributed by atoms with Gasteiger partial charge in [0.2, 0.25) is 0 Å². The summed E-state index contributed by atoms with van der Waals surface area (Å²) in [5.74, 6) is 2.56. The number of imidazole rings is 1. The third-order valence-electron chi connectivity index (χ3n) is 5.63. The molecular weight excluding hydrogens is 388 g/mol. The van der Waals surface area contributed by atoms with Crippen LogP contribution in [0.4, 0.5) is 0 Å². The molecule has 4 rings (SSSR count). The molecule has 0 aliphatic carbocycles. The van der Waals surface area contributed by atoms with Crippen molar-refractivity contribution >= 4 is 11.0 Å². The Morgan fingerprint density at radius 1 is 0.968 bits per heavy atom. The number of aliphatic hydroxyl groups excluding tert-OH is 1. The lowest BCUT2D eigenvalue weighted by molar-refractivity contribution is 0.0924. The van der Waals surface area contributed by atoms with Gasteiger partial charge in [-0.1, -0.05) is 36.4 Å². The Morgan fingerprint density at radius 3 is 2.52 bits per heavy atom. The van der Waals surface area contributed by atoms with Crippen molar-refractivity contribution in [3.63, 3.8) is 0 Å². The van der Waals surface area contributed by atoms with Gasteiger partial charge in [-0.3, -0.25) is 0 Å². The Kier molecular flexibility index (Phi) is 6.23. The van der Waals surface area contributed by atoms with E-state index >= 15 is 0 Å². The fourth-order valence-electron chi connectivity index (χ4n) is 3.72. The predicted molar refractivity (Wildman–Crippen MR) is 123 cm³/mol. The first-order valence-electron chi connectivity index (χ1n) is 10.5. The van der Waals surface area contributed by atoms with Gasteiger partial charge in [-0.15, -0.1) is 0 Å². The van der Waals surface area contributed by atoms with Gasteiger partial charge < -0.3 is 19.1 Å². The number of aromatic nitrogens is 2. The minimum Gasteiger partial charge on any atom is -0.497 e. The van der Waals surface area contributed by atoms with Crippen LogP contribution in [0.1, 0.15) is 22.5 Å². The van der Waals surface area contributed by atoms with Gasteiger partial charge in [0, 0.05) is 6.42 Å². The van der Waals surface area contributed by atoms with Crippen LogP contribution >= 0.6 is 0 Å². The topological polar surface area (TPSA) is 56.5 Å². The molecule has 1 N–H and O–H groups in total. The molecule has 0 fully saturated rings. The molecule has 0 saturated carbocycles. The number of nitrogens with zero attached hydrogens (tertiary/aromatic N) is 2. The smallest absolute Gasteiger partial charge is 0.122 e. The lowest BCUT2D eigenvalue weighted by Crippen LogP contribution is -2.25. The first-order valence-corrected chi connectivity index (χ1v) is 10.5. The number of para-hydroxylation sites is 2.